The molecule has 0 amide bonds. The number of amidine groups is 1. The molecule has 5 heteroatoms. The first-order valence-corrected chi connectivity index (χ1v) is 5.07. The fourth-order valence-corrected chi connectivity index (χ4v) is 1.07. The minimum absolute atomic E-state index is 0.0606. The van der Waals surface area contributed by atoms with Crippen LogP contribution in [0.4, 0.5) is 0 Å². The Balaban J connectivity index is 4.17. The molecule has 1 N–H and O–H groups in total. The van der Waals surface area contributed by atoms with Crippen molar-refractivity contribution in [2.45, 2.75) is 0 Å². The summed E-state index contributed by atoms with van der Waals surface area (Å²) < 4.78 is 4.05. The first-order valence-electron chi connectivity index (χ1n) is 2.54. The van der Waals surface area contributed by atoms with Crippen LogP contribution in [-0.2, 0) is 11.1 Å². The van der Waals surface area contributed by atoms with Crippen molar-refractivity contribution in [1.82, 2.24) is 0 Å². The lowest BCUT2D eigenvalue weighted by atomic mass is 10.7. The van der Waals surface area contributed by atoms with Crippen LogP contribution in [-0.4, -0.2) is 30.2 Å². The maximum atomic E-state index is 6.53. The highest BCUT2D eigenvalue weighted by molar-refractivity contribution is 7.94. The number of rotatable bonds is 2. The zero-order valence-electron chi connectivity index (χ0n) is 5.89. The number of hydrogen-bond acceptors (Lipinski definition) is 2. The van der Waals surface area contributed by atoms with Gasteiger partial charge < -0.3 is 0 Å². The van der Waals surface area contributed by atoms with E-state index in [0.29, 0.717) is 5.84 Å². The van der Waals surface area contributed by atoms with Crippen molar-refractivity contribution in [3.8, 4) is 0 Å². The standard InChI is InChI=1S/C5H9ClN3S/c1-10(2)9-5(3-6)8-4-7/h7H,3H2,1-2H3/q+1/b9-5+. The summed E-state index contributed by atoms with van der Waals surface area (Å²) in [6, 6.07) is 1.89. The van der Waals surface area contributed by atoms with E-state index in [1.54, 1.807) is 0 Å². The molecule has 0 aromatic heterocycles. The Hall–Kier alpha value is -0.310. The molecule has 0 radical (unpaired) electrons. The second-order valence-electron chi connectivity index (χ2n) is 1.64. The molecular formula is C5H9ClN3S+. The Morgan fingerprint density at radius 3 is 2.60 bits per heavy atom. The molecular weight excluding hydrogens is 170 g/mol. The fraction of sp³-hybridized carbons (Fsp3) is 0.600. The predicted octanol–water partition coefficient (Wildman–Crippen LogP) is 1.17. The van der Waals surface area contributed by atoms with E-state index in [1.807, 2.05) is 18.5 Å². The molecule has 0 saturated carbocycles. The van der Waals surface area contributed by atoms with Crippen LogP contribution in [0, 0.1) is 5.41 Å². The predicted molar refractivity (Wildman–Crippen MR) is 47.5 cm³/mol. The highest BCUT2D eigenvalue weighted by atomic mass is 35.5. The van der Waals surface area contributed by atoms with Crippen LogP contribution in [0.15, 0.2) is 9.39 Å². The van der Waals surface area contributed by atoms with E-state index in [2.05, 4.69) is 9.39 Å². The third-order valence-electron chi connectivity index (χ3n) is 0.592. The van der Waals surface area contributed by atoms with E-state index < -0.39 is 0 Å². The Labute approximate surface area is 68.2 Å². The number of nitrogens with one attached hydrogen (secondary N) is 1. The van der Waals surface area contributed by atoms with Gasteiger partial charge in [0.1, 0.15) is 23.6 Å². The Morgan fingerprint density at radius 2 is 2.30 bits per heavy atom. The molecule has 0 fully saturated rings. The molecule has 0 atom stereocenters. The van der Waals surface area contributed by atoms with Crippen LogP contribution in [0.2, 0.25) is 0 Å². The molecule has 3 nitrogen and oxygen atoms in total. The number of halogens is 1. The third kappa shape index (κ3) is 4.56. The number of aliphatic imine (C=N–C) groups is 1. The lowest BCUT2D eigenvalue weighted by molar-refractivity contribution is 1.52. The summed E-state index contributed by atoms with van der Waals surface area (Å²) in [5.74, 6) is 0.724. The van der Waals surface area contributed by atoms with Gasteiger partial charge in [-0.05, 0) is 4.40 Å². The number of alkyl halides is 1. The molecule has 56 valence electrons. The lowest BCUT2D eigenvalue weighted by Crippen LogP contribution is -2.00. The van der Waals surface area contributed by atoms with Gasteiger partial charge in [-0.25, -0.2) is 5.41 Å². The monoisotopic (exact) mass is 178 g/mol. The molecule has 0 aliphatic rings. The van der Waals surface area contributed by atoms with Crippen molar-refractivity contribution in [3.63, 3.8) is 0 Å². The van der Waals surface area contributed by atoms with Gasteiger partial charge in [-0.2, -0.15) is 4.99 Å². The zero-order valence-corrected chi connectivity index (χ0v) is 7.46. The second-order valence-corrected chi connectivity index (χ2v) is 3.63. The van der Waals surface area contributed by atoms with Crippen molar-refractivity contribution < 1.29 is 0 Å². The summed E-state index contributed by atoms with van der Waals surface area (Å²) in [5.41, 5.74) is 0. The van der Waals surface area contributed by atoms with Crippen LogP contribution >= 0.6 is 11.6 Å². The molecule has 0 aromatic carbocycles. The van der Waals surface area contributed by atoms with E-state index in [-0.39, 0.29) is 17.0 Å². The average Bonchev–Trinajstić information content (AvgIpc) is 1.86. The molecule has 0 rings (SSSR count). The molecule has 0 bridgehead atoms. The molecule has 0 aliphatic carbocycles. The van der Waals surface area contributed by atoms with Gasteiger partial charge in [-0.1, -0.05) is 0 Å². The largest absolute Gasteiger partial charge is 0.241 e. The van der Waals surface area contributed by atoms with Gasteiger partial charge in [0, 0.05) is 0 Å². The summed E-state index contributed by atoms with van der Waals surface area (Å²) in [4.78, 5) is 3.52. The highest BCUT2D eigenvalue weighted by Crippen LogP contribution is 1.91. The Bertz CT molecular complexity index is 172. The molecule has 0 unspecified atom stereocenters. The third-order valence-corrected chi connectivity index (χ3v) is 1.41. The molecule has 0 aromatic rings. The van der Waals surface area contributed by atoms with Gasteiger partial charge in [-0.3, -0.25) is 0 Å². The van der Waals surface area contributed by atoms with Crippen molar-refractivity contribution in [1.29, 1.82) is 5.41 Å². The lowest BCUT2D eigenvalue weighted by Gasteiger charge is -1.86. The summed E-state index contributed by atoms with van der Waals surface area (Å²) in [6.45, 7) is 0. The van der Waals surface area contributed by atoms with Crippen LogP contribution in [0.25, 0.3) is 0 Å². The van der Waals surface area contributed by atoms with Crippen LogP contribution in [0.5, 0.6) is 0 Å². The summed E-state index contributed by atoms with van der Waals surface area (Å²) in [7, 11) is 0. The quantitative estimate of drug-likeness (QED) is 0.286. The zero-order chi connectivity index (χ0) is 7.98. The van der Waals surface area contributed by atoms with Crippen molar-refractivity contribution in [3.05, 3.63) is 0 Å². The van der Waals surface area contributed by atoms with E-state index in [1.165, 1.54) is 0 Å². The van der Waals surface area contributed by atoms with Gasteiger partial charge in [-0.15, -0.1) is 11.6 Å². The smallest absolute Gasteiger partial charge is 0.205 e. The molecule has 0 heterocycles. The molecule has 0 spiro atoms. The van der Waals surface area contributed by atoms with E-state index in [4.69, 9.17) is 17.0 Å². The fourth-order valence-electron chi connectivity index (χ4n) is 0.350. The Kier molecular flexibility index (Phi) is 5.30. The molecule has 10 heavy (non-hydrogen) atoms. The topological polar surface area (TPSA) is 48.6 Å². The number of nitrogens with zero attached hydrogens (tertiary/aromatic N) is 2. The highest BCUT2D eigenvalue weighted by Gasteiger charge is 2.02. The minimum Gasteiger partial charge on any atom is -0.241 e. The minimum atomic E-state index is -0.0606. The van der Waals surface area contributed by atoms with E-state index in [9.17, 15) is 0 Å². The second kappa shape index (κ2) is 5.47. The maximum absolute atomic E-state index is 6.53. The van der Waals surface area contributed by atoms with Gasteiger partial charge in [0.25, 0.3) is 0 Å². The summed E-state index contributed by atoms with van der Waals surface area (Å²) in [5, 5.41) is 6.53. The van der Waals surface area contributed by atoms with Crippen LogP contribution in [0.3, 0.4) is 0 Å². The van der Waals surface area contributed by atoms with Gasteiger partial charge in [0.05, 0.1) is 11.9 Å². The molecule has 0 saturated heterocycles. The maximum Gasteiger partial charge on any atom is 0.205 e. The van der Waals surface area contributed by atoms with Gasteiger partial charge in [0.2, 0.25) is 5.84 Å². The van der Waals surface area contributed by atoms with Crippen molar-refractivity contribution in [2.75, 3.05) is 18.4 Å². The average molecular weight is 179 g/mol. The molecule has 0 aliphatic heterocycles. The van der Waals surface area contributed by atoms with Crippen LogP contribution in [0.1, 0.15) is 0 Å². The normalized spacial score (nSPS) is 11.4. The van der Waals surface area contributed by atoms with E-state index in [0.717, 1.165) is 0 Å². The van der Waals surface area contributed by atoms with E-state index >= 15 is 0 Å². The van der Waals surface area contributed by atoms with Gasteiger partial charge in [0.15, 0.2) is 0 Å². The first-order chi connectivity index (χ1) is 4.70. The van der Waals surface area contributed by atoms with Crippen LogP contribution < -0.4 is 0 Å². The Morgan fingerprint density at radius 1 is 1.70 bits per heavy atom. The van der Waals surface area contributed by atoms with Gasteiger partial charge >= 0.3 is 0 Å². The van der Waals surface area contributed by atoms with Crippen molar-refractivity contribution >= 4 is 34.5 Å². The summed E-state index contributed by atoms with van der Waals surface area (Å²) in [6.07, 6.45) is 3.90. The first kappa shape index (κ1) is 9.69. The summed E-state index contributed by atoms with van der Waals surface area (Å²) >= 11 is 5.39. The number of hydrogen-bond donors (Lipinski definition) is 1. The SMILES string of the molecule is C[S+](C)/N=C(\CCl)N=C=N. The van der Waals surface area contributed by atoms with Crippen molar-refractivity contribution in [2.24, 2.45) is 9.39 Å².